The highest BCUT2D eigenvalue weighted by Crippen LogP contribution is 2.36. The lowest BCUT2D eigenvalue weighted by molar-refractivity contribution is 0.0552. The van der Waals surface area contributed by atoms with E-state index in [2.05, 4.69) is 0 Å². The Morgan fingerprint density at radius 2 is 0.846 bits per heavy atom. The molecule has 1 aromatic rings. The van der Waals surface area contributed by atoms with E-state index in [0.29, 0.717) is 11.1 Å². The van der Waals surface area contributed by atoms with Crippen molar-refractivity contribution in [2.75, 3.05) is 14.2 Å². The standard InChI is InChI=1S/C22H30O4/c1-25-21(23)19-17-13-9-5-6-10-14-18(20(19)22(24)26-2)16-12-8-4-3-7-11-15(16)17/h3-14H2,1-2H3. The SMILES string of the molecule is COC(=O)c1c2c3c(c(c1C(=O)OC)CCCCCC2)CCCCCC3. The fraction of sp³-hybridized carbons (Fsp3) is 0.636. The van der Waals surface area contributed by atoms with E-state index < -0.39 is 11.9 Å². The molecule has 2 aliphatic carbocycles. The summed E-state index contributed by atoms with van der Waals surface area (Å²) in [5.74, 6) is -0.792. The summed E-state index contributed by atoms with van der Waals surface area (Å²) in [6, 6.07) is 0. The van der Waals surface area contributed by atoms with Crippen molar-refractivity contribution in [3.8, 4) is 0 Å². The molecule has 0 N–H and O–H groups in total. The van der Waals surface area contributed by atoms with Crippen LogP contribution in [-0.4, -0.2) is 26.2 Å². The highest BCUT2D eigenvalue weighted by Gasteiger charge is 2.31. The summed E-state index contributed by atoms with van der Waals surface area (Å²) in [5.41, 5.74) is 5.73. The van der Waals surface area contributed by atoms with Crippen LogP contribution in [0.1, 0.15) is 94.3 Å². The van der Waals surface area contributed by atoms with E-state index in [1.165, 1.54) is 51.0 Å². The van der Waals surface area contributed by atoms with Crippen LogP contribution in [0.3, 0.4) is 0 Å². The Bertz CT molecular complexity index is 631. The van der Waals surface area contributed by atoms with Crippen LogP contribution in [0.2, 0.25) is 0 Å². The van der Waals surface area contributed by atoms with Gasteiger partial charge in [0.05, 0.1) is 25.3 Å². The number of methoxy groups -OCH3 is 2. The number of carbonyl (C=O) groups is 2. The molecule has 0 saturated heterocycles. The number of rotatable bonds is 2. The van der Waals surface area contributed by atoms with Crippen molar-refractivity contribution in [1.29, 1.82) is 0 Å². The van der Waals surface area contributed by atoms with Crippen LogP contribution in [0.15, 0.2) is 0 Å². The molecule has 0 unspecified atom stereocenters. The predicted octanol–water partition coefficient (Wildman–Crippen LogP) is 4.58. The third kappa shape index (κ3) is 3.65. The Labute approximate surface area is 156 Å². The predicted molar refractivity (Wildman–Crippen MR) is 101 cm³/mol. The Morgan fingerprint density at radius 1 is 0.538 bits per heavy atom. The largest absolute Gasteiger partial charge is 0.465 e. The zero-order valence-electron chi connectivity index (χ0n) is 16.1. The summed E-state index contributed by atoms with van der Waals surface area (Å²) in [6.45, 7) is 0. The zero-order chi connectivity index (χ0) is 18.5. The van der Waals surface area contributed by atoms with Crippen molar-refractivity contribution in [1.82, 2.24) is 0 Å². The van der Waals surface area contributed by atoms with Crippen LogP contribution < -0.4 is 0 Å². The molecule has 0 fully saturated rings. The van der Waals surface area contributed by atoms with E-state index in [0.717, 1.165) is 62.5 Å². The first-order valence-corrected chi connectivity index (χ1v) is 10.0. The van der Waals surface area contributed by atoms with Crippen molar-refractivity contribution in [3.05, 3.63) is 33.4 Å². The van der Waals surface area contributed by atoms with Gasteiger partial charge in [-0.3, -0.25) is 0 Å². The third-order valence-corrected chi connectivity index (χ3v) is 5.93. The Balaban J connectivity index is 2.34. The zero-order valence-corrected chi connectivity index (χ0v) is 16.1. The van der Waals surface area contributed by atoms with Crippen molar-refractivity contribution in [2.24, 2.45) is 0 Å². The highest BCUT2D eigenvalue weighted by atomic mass is 16.5. The quantitative estimate of drug-likeness (QED) is 0.726. The molecule has 142 valence electrons. The number of carbonyl (C=O) groups excluding carboxylic acids is 2. The van der Waals surface area contributed by atoms with Gasteiger partial charge < -0.3 is 9.47 Å². The van der Waals surface area contributed by atoms with Crippen LogP contribution in [0, 0.1) is 0 Å². The van der Waals surface area contributed by atoms with Crippen LogP contribution >= 0.6 is 0 Å². The molecular weight excluding hydrogens is 328 g/mol. The Morgan fingerprint density at radius 3 is 1.15 bits per heavy atom. The summed E-state index contributed by atoms with van der Waals surface area (Å²) in [4.78, 5) is 25.5. The minimum Gasteiger partial charge on any atom is -0.465 e. The lowest BCUT2D eigenvalue weighted by Gasteiger charge is -2.27. The molecule has 4 heteroatoms. The first-order chi connectivity index (χ1) is 12.7. The second kappa shape index (κ2) is 8.70. The Kier molecular flexibility index (Phi) is 6.33. The summed E-state index contributed by atoms with van der Waals surface area (Å²) >= 11 is 0. The molecule has 0 amide bonds. The summed E-state index contributed by atoms with van der Waals surface area (Å²) in [6.07, 6.45) is 12.9. The van der Waals surface area contributed by atoms with E-state index in [9.17, 15) is 9.59 Å². The molecular formula is C22H30O4. The Hall–Kier alpha value is -1.84. The second-order valence-corrected chi connectivity index (χ2v) is 7.48. The van der Waals surface area contributed by atoms with Gasteiger partial charge in [0.2, 0.25) is 0 Å². The molecule has 0 saturated carbocycles. The van der Waals surface area contributed by atoms with Crippen molar-refractivity contribution < 1.29 is 19.1 Å². The molecule has 1 aromatic carbocycles. The smallest absolute Gasteiger partial charge is 0.339 e. The van der Waals surface area contributed by atoms with E-state index in [-0.39, 0.29) is 0 Å². The topological polar surface area (TPSA) is 52.6 Å². The summed E-state index contributed by atoms with van der Waals surface area (Å²) < 4.78 is 10.2. The summed E-state index contributed by atoms with van der Waals surface area (Å²) in [7, 11) is 2.80. The molecule has 0 spiro atoms. The second-order valence-electron chi connectivity index (χ2n) is 7.48. The van der Waals surface area contributed by atoms with Gasteiger partial charge in [0.25, 0.3) is 0 Å². The van der Waals surface area contributed by atoms with Gasteiger partial charge in [-0.25, -0.2) is 9.59 Å². The molecule has 0 atom stereocenters. The maximum atomic E-state index is 12.7. The number of esters is 2. The van der Waals surface area contributed by atoms with E-state index in [1.54, 1.807) is 0 Å². The monoisotopic (exact) mass is 358 g/mol. The van der Waals surface area contributed by atoms with Crippen molar-refractivity contribution in [2.45, 2.75) is 77.0 Å². The fourth-order valence-corrected chi connectivity index (χ4v) is 4.69. The van der Waals surface area contributed by atoms with Crippen molar-refractivity contribution in [3.63, 3.8) is 0 Å². The average molecular weight is 358 g/mol. The van der Waals surface area contributed by atoms with Gasteiger partial charge in [0.15, 0.2) is 0 Å². The van der Waals surface area contributed by atoms with Gasteiger partial charge >= 0.3 is 11.9 Å². The maximum absolute atomic E-state index is 12.7. The average Bonchev–Trinajstić information content (AvgIpc) is 2.64. The minimum absolute atomic E-state index is 0.396. The van der Waals surface area contributed by atoms with Gasteiger partial charge in [-0.05, 0) is 73.6 Å². The molecule has 2 bridgehead atoms. The number of hydrogen-bond acceptors (Lipinski definition) is 4. The van der Waals surface area contributed by atoms with E-state index in [1.807, 2.05) is 0 Å². The molecule has 2 aliphatic rings. The van der Waals surface area contributed by atoms with Crippen LogP contribution in [0.4, 0.5) is 0 Å². The van der Waals surface area contributed by atoms with Gasteiger partial charge in [-0.1, -0.05) is 25.7 Å². The number of hydrogen-bond donors (Lipinski definition) is 0. The van der Waals surface area contributed by atoms with Gasteiger partial charge in [-0.2, -0.15) is 0 Å². The van der Waals surface area contributed by atoms with Crippen molar-refractivity contribution >= 4 is 11.9 Å². The summed E-state index contributed by atoms with van der Waals surface area (Å²) in [5, 5.41) is 0. The first-order valence-electron chi connectivity index (χ1n) is 10.0. The minimum atomic E-state index is -0.396. The van der Waals surface area contributed by atoms with Gasteiger partial charge in [0, 0.05) is 0 Å². The fourth-order valence-electron chi connectivity index (χ4n) is 4.69. The third-order valence-electron chi connectivity index (χ3n) is 5.93. The normalized spacial score (nSPS) is 17.6. The van der Waals surface area contributed by atoms with E-state index >= 15 is 0 Å². The molecule has 0 radical (unpaired) electrons. The molecule has 4 nitrogen and oxygen atoms in total. The number of ether oxygens (including phenoxy) is 2. The molecule has 3 rings (SSSR count). The van der Waals surface area contributed by atoms with Gasteiger partial charge in [0.1, 0.15) is 0 Å². The van der Waals surface area contributed by atoms with Crippen LogP contribution in [0.5, 0.6) is 0 Å². The van der Waals surface area contributed by atoms with E-state index in [4.69, 9.17) is 9.47 Å². The highest BCUT2D eigenvalue weighted by molar-refractivity contribution is 6.06. The van der Waals surface area contributed by atoms with Crippen LogP contribution in [-0.2, 0) is 35.2 Å². The lowest BCUT2D eigenvalue weighted by atomic mass is 9.77. The lowest BCUT2D eigenvalue weighted by Crippen LogP contribution is -2.23. The molecule has 26 heavy (non-hydrogen) atoms. The number of benzene rings is 1. The molecule has 0 aromatic heterocycles. The molecule has 0 heterocycles. The molecule has 0 aliphatic heterocycles. The maximum Gasteiger partial charge on any atom is 0.339 e. The van der Waals surface area contributed by atoms with Gasteiger partial charge in [-0.15, -0.1) is 0 Å². The van der Waals surface area contributed by atoms with Crippen LogP contribution in [0.25, 0.3) is 0 Å². The first kappa shape index (κ1) is 18.9.